The van der Waals surface area contributed by atoms with Gasteiger partial charge in [0.05, 0.1) is 23.1 Å². The lowest BCUT2D eigenvalue weighted by Gasteiger charge is -2.10. The number of halogens is 1. The van der Waals surface area contributed by atoms with Crippen LogP contribution >= 0.6 is 15.9 Å². The summed E-state index contributed by atoms with van der Waals surface area (Å²) in [4.78, 5) is 20.4. The molecular formula is C21H19BrN6O4S. The molecule has 0 saturated carbocycles. The van der Waals surface area contributed by atoms with Crippen molar-refractivity contribution in [3.8, 4) is 0 Å². The van der Waals surface area contributed by atoms with E-state index in [-0.39, 0.29) is 18.0 Å². The second kappa shape index (κ2) is 9.55. The van der Waals surface area contributed by atoms with Crippen molar-refractivity contribution in [1.29, 1.82) is 0 Å². The van der Waals surface area contributed by atoms with Gasteiger partial charge in [-0.05, 0) is 55.5 Å². The Bertz CT molecular complexity index is 1390. The van der Waals surface area contributed by atoms with Gasteiger partial charge in [-0.3, -0.25) is 9.52 Å². The Hall–Kier alpha value is -3.51. The summed E-state index contributed by atoms with van der Waals surface area (Å²) >= 11 is 3.29. The third kappa shape index (κ3) is 5.29. The third-order valence-corrected chi connectivity index (χ3v) is 6.47. The number of carbonyl (C=O) groups excluding carboxylic acids is 1. The molecule has 0 aliphatic heterocycles. The SMILES string of the molecule is CCOC(=O)Cn1ncc2c(Nc3ccc(NS(=O)(=O)c4ccc(Br)cc4)cc3)ncnc21. The number of esters is 1. The fraction of sp³-hybridized carbons (Fsp3) is 0.143. The number of rotatable bonds is 8. The number of nitrogens with one attached hydrogen (secondary N) is 2. The summed E-state index contributed by atoms with van der Waals surface area (Å²) in [6, 6.07) is 13.1. The quantitative estimate of drug-likeness (QED) is 0.330. The Labute approximate surface area is 198 Å². The number of sulfonamides is 1. The molecule has 12 heteroatoms. The summed E-state index contributed by atoms with van der Waals surface area (Å²) < 4.78 is 34.9. The topological polar surface area (TPSA) is 128 Å². The van der Waals surface area contributed by atoms with Crippen LogP contribution in [0.5, 0.6) is 0 Å². The molecule has 0 atom stereocenters. The maximum absolute atomic E-state index is 12.6. The molecule has 0 amide bonds. The first-order valence-corrected chi connectivity index (χ1v) is 12.1. The molecule has 2 aromatic carbocycles. The molecule has 10 nitrogen and oxygen atoms in total. The highest BCUT2D eigenvalue weighted by Crippen LogP contribution is 2.25. The first-order valence-electron chi connectivity index (χ1n) is 9.83. The second-order valence-corrected chi connectivity index (χ2v) is 9.43. The highest BCUT2D eigenvalue weighted by molar-refractivity contribution is 9.10. The standard InChI is InChI=1S/C21H19BrN6O4S/c1-2-32-19(29)12-28-21-18(11-25-28)20(23-13-24-21)26-15-5-7-16(8-6-15)27-33(30,31)17-9-3-14(22)4-10-17/h3-11,13,27H,2,12H2,1H3,(H,23,24,26). The molecule has 0 bridgehead atoms. The lowest BCUT2D eigenvalue weighted by molar-refractivity contribution is -0.143. The van der Waals surface area contributed by atoms with Gasteiger partial charge in [0.15, 0.2) is 5.65 Å². The number of ether oxygens (including phenoxy) is 1. The number of carbonyl (C=O) groups is 1. The van der Waals surface area contributed by atoms with Gasteiger partial charge in [0.2, 0.25) is 0 Å². The summed E-state index contributed by atoms with van der Waals surface area (Å²) in [5, 5.41) is 7.99. The zero-order chi connectivity index (χ0) is 23.4. The number of hydrogen-bond acceptors (Lipinski definition) is 8. The molecular weight excluding hydrogens is 512 g/mol. The summed E-state index contributed by atoms with van der Waals surface area (Å²) in [5.41, 5.74) is 1.58. The fourth-order valence-electron chi connectivity index (χ4n) is 3.02. The molecule has 4 rings (SSSR count). The zero-order valence-corrected chi connectivity index (χ0v) is 19.8. The van der Waals surface area contributed by atoms with Crippen molar-refractivity contribution in [3.63, 3.8) is 0 Å². The maximum atomic E-state index is 12.6. The van der Waals surface area contributed by atoms with E-state index in [0.717, 1.165) is 4.47 Å². The van der Waals surface area contributed by atoms with Crippen molar-refractivity contribution in [2.75, 3.05) is 16.6 Å². The normalized spacial score (nSPS) is 11.3. The zero-order valence-electron chi connectivity index (χ0n) is 17.4. The van der Waals surface area contributed by atoms with Crippen LogP contribution in [-0.2, 0) is 26.1 Å². The van der Waals surface area contributed by atoms with Gasteiger partial charge in [0.1, 0.15) is 18.7 Å². The highest BCUT2D eigenvalue weighted by atomic mass is 79.9. The van der Waals surface area contributed by atoms with Crippen molar-refractivity contribution in [3.05, 3.63) is 65.5 Å². The van der Waals surface area contributed by atoms with Crippen LogP contribution in [0.15, 0.2) is 70.4 Å². The summed E-state index contributed by atoms with van der Waals surface area (Å²) in [7, 11) is -3.70. The smallest absolute Gasteiger partial charge is 0.327 e. The molecule has 2 aromatic heterocycles. The molecule has 0 fully saturated rings. The van der Waals surface area contributed by atoms with E-state index in [2.05, 4.69) is 41.0 Å². The maximum Gasteiger partial charge on any atom is 0.327 e. The predicted octanol–water partition coefficient (Wildman–Crippen LogP) is 3.70. The van der Waals surface area contributed by atoms with E-state index in [1.807, 2.05) is 0 Å². The van der Waals surface area contributed by atoms with E-state index < -0.39 is 16.0 Å². The Morgan fingerprint density at radius 2 is 1.76 bits per heavy atom. The fourth-order valence-corrected chi connectivity index (χ4v) is 4.35. The van der Waals surface area contributed by atoms with E-state index >= 15 is 0 Å². The van der Waals surface area contributed by atoms with Crippen molar-refractivity contribution in [2.24, 2.45) is 0 Å². The van der Waals surface area contributed by atoms with E-state index in [1.165, 1.54) is 23.1 Å². The van der Waals surface area contributed by atoms with Crippen LogP contribution in [0.1, 0.15) is 6.92 Å². The van der Waals surface area contributed by atoms with Crippen LogP contribution in [0.25, 0.3) is 11.0 Å². The molecule has 0 radical (unpaired) electrons. The number of benzene rings is 2. The molecule has 2 heterocycles. The second-order valence-electron chi connectivity index (χ2n) is 6.83. The van der Waals surface area contributed by atoms with Crippen molar-refractivity contribution in [1.82, 2.24) is 19.7 Å². The highest BCUT2D eigenvalue weighted by Gasteiger charge is 2.15. The minimum absolute atomic E-state index is 0.0546. The predicted molar refractivity (Wildman–Crippen MR) is 127 cm³/mol. The van der Waals surface area contributed by atoms with Crippen LogP contribution < -0.4 is 10.0 Å². The number of aromatic nitrogens is 4. The molecule has 0 spiro atoms. The van der Waals surface area contributed by atoms with E-state index in [4.69, 9.17) is 4.74 Å². The molecule has 4 aromatic rings. The molecule has 2 N–H and O–H groups in total. The number of anilines is 3. The van der Waals surface area contributed by atoms with E-state index in [1.54, 1.807) is 49.5 Å². The van der Waals surface area contributed by atoms with Crippen LogP contribution in [0.3, 0.4) is 0 Å². The molecule has 0 unspecified atom stereocenters. The Kier molecular flexibility index (Phi) is 6.56. The molecule has 0 aliphatic rings. The van der Waals surface area contributed by atoms with Gasteiger partial charge in [0.25, 0.3) is 10.0 Å². The monoisotopic (exact) mass is 530 g/mol. The summed E-state index contributed by atoms with van der Waals surface area (Å²) in [5.74, 6) is 0.0927. The minimum Gasteiger partial charge on any atom is -0.465 e. The Balaban J connectivity index is 1.49. The minimum atomic E-state index is -3.70. The van der Waals surface area contributed by atoms with Crippen LogP contribution in [-0.4, -0.2) is 40.7 Å². The van der Waals surface area contributed by atoms with Gasteiger partial charge in [-0.25, -0.2) is 23.1 Å². The van der Waals surface area contributed by atoms with Gasteiger partial charge in [-0.2, -0.15) is 5.10 Å². The van der Waals surface area contributed by atoms with Crippen LogP contribution in [0.4, 0.5) is 17.2 Å². The van der Waals surface area contributed by atoms with Gasteiger partial charge < -0.3 is 10.1 Å². The van der Waals surface area contributed by atoms with Crippen molar-refractivity contribution in [2.45, 2.75) is 18.4 Å². The average Bonchev–Trinajstić information content (AvgIpc) is 3.19. The Morgan fingerprint density at radius 1 is 1.06 bits per heavy atom. The van der Waals surface area contributed by atoms with Gasteiger partial charge in [0, 0.05) is 15.8 Å². The number of nitrogens with zero attached hydrogens (tertiary/aromatic N) is 4. The number of fused-ring (bicyclic) bond motifs is 1. The van der Waals surface area contributed by atoms with Crippen LogP contribution in [0, 0.1) is 0 Å². The van der Waals surface area contributed by atoms with Crippen molar-refractivity contribution < 1.29 is 17.9 Å². The van der Waals surface area contributed by atoms with Crippen LogP contribution in [0.2, 0.25) is 0 Å². The molecule has 170 valence electrons. The number of hydrogen-bond donors (Lipinski definition) is 2. The van der Waals surface area contributed by atoms with Gasteiger partial charge in [-0.15, -0.1) is 0 Å². The van der Waals surface area contributed by atoms with Gasteiger partial charge in [-0.1, -0.05) is 15.9 Å². The molecule has 33 heavy (non-hydrogen) atoms. The van der Waals surface area contributed by atoms with Gasteiger partial charge >= 0.3 is 5.97 Å². The molecule has 0 saturated heterocycles. The molecule has 0 aliphatic carbocycles. The van der Waals surface area contributed by atoms with Crippen molar-refractivity contribution >= 4 is 60.1 Å². The summed E-state index contributed by atoms with van der Waals surface area (Å²) in [6.45, 7) is 1.97. The van der Waals surface area contributed by atoms with E-state index in [9.17, 15) is 13.2 Å². The Morgan fingerprint density at radius 3 is 2.45 bits per heavy atom. The first kappa shape index (κ1) is 22.7. The third-order valence-electron chi connectivity index (χ3n) is 4.54. The first-order chi connectivity index (χ1) is 15.9. The summed E-state index contributed by atoms with van der Waals surface area (Å²) in [6.07, 6.45) is 2.94. The lowest BCUT2D eigenvalue weighted by Crippen LogP contribution is -2.14. The van der Waals surface area contributed by atoms with E-state index in [0.29, 0.717) is 28.2 Å². The lowest BCUT2D eigenvalue weighted by atomic mass is 10.3. The average molecular weight is 531 g/mol. The largest absolute Gasteiger partial charge is 0.465 e.